The molecule has 0 saturated heterocycles. The Bertz CT molecular complexity index is 701. The van der Waals surface area contributed by atoms with Crippen molar-refractivity contribution in [1.29, 1.82) is 0 Å². The van der Waals surface area contributed by atoms with Gasteiger partial charge in [-0.3, -0.25) is 9.59 Å². The van der Waals surface area contributed by atoms with Crippen LogP contribution in [0.5, 0.6) is 0 Å². The lowest BCUT2D eigenvalue weighted by Gasteiger charge is -2.17. The molecule has 5 heteroatoms. The van der Waals surface area contributed by atoms with Gasteiger partial charge in [-0.25, -0.2) is 0 Å². The summed E-state index contributed by atoms with van der Waals surface area (Å²) < 4.78 is 0. The third kappa shape index (κ3) is 4.09. The molecule has 0 bridgehead atoms. The summed E-state index contributed by atoms with van der Waals surface area (Å²) >= 11 is 5.99. The van der Waals surface area contributed by atoms with Crippen molar-refractivity contribution in [2.75, 3.05) is 18.9 Å². The Balaban J connectivity index is 1.99. The highest BCUT2D eigenvalue weighted by Gasteiger charge is 2.15. The predicted molar refractivity (Wildman–Crippen MR) is 88.2 cm³/mol. The van der Waals surface area contributed by atoms with Crippen molar-refractivity contribution in [1.82, 2.24) is 4.90 Å². The van der Waals surface area contributed by atoms with Crippen molar-refractivity contribution in [3.05, 3.63) is 64.7 Å². The van der Waals surface area contributed by atoms with E-state index in [-0.39, 0.29) is 18.4 Å². The zero-order chi connectivity index (χ0) is 16.1. The van der Waals surface area contributed by atoms with Gasteiger partial charge in [0.05, 0.1) is 17.3 Å². The van der Waals surface area contributed by atoms with Crippen LogP contribution in [0.15, 0.2) is 48.5 Å². The van der Waals surface area contributed by atoms with Gasteiger partial charge in [-0.2, -0.15) is 0 Å². The minimum Gasteiger partial charge on any atom is -0.332 e. The van der Waals surface area contributed by atoms with Crippen LogP contribution in [0.2, 0.25) is 5.02 Å². The largest absolute Gasteiger partial charge is 0.332 e. The van der Waals surface area contributed by atoms with E-state index >= 15 is 0 Å². The number of carbonyl (C=O) groups is 2. The molecule has 0 atom stereocenters. The van der Waals surface area contributed by atoms with E-state index in [1.54, 1.807) is 43.4 Å². The molecule has 0 aliphatic heterocycles. The average Bonchev–Trinajstić information content (AvgIpc) is 2.48. The fourth-order valence-electron chi connectivity index (χ4n) is 2.04. The zero-order valence-electron chi connectivity index (χ0n) is 12.5. The second kappa shape index (κ2) is 7.09. The number of nitrogens with zero attached hydrogens (tertiary/aromatic N) is 1. The smallest absolute Gasteiger partial charge is 0.254 e. The number of carbonyl (C=O) groups excluding carboxylic acids is 2. The van der Waals surface area contributed by atoms with Crippen molar-refractivity contribution in [3.63, 3.8) is 0 Å². The molecule has 22 heavy (non-hydrogen) atoms. The molecule has 0 aromatic heterocycles. The van der Waals surface area contributed by atoms with Gasteiger partial charge in [-0.15, -0.1) is 0 Å². The van der Waals surface area contributed by atoms with Gasteiger partial charge in [-0.1, -0.05) is 41.4 Å². The summed E-state index contributed by atoms with van der Waals surface area (Å²) in [5, 5.41) is 3.16. The number of likely N-dealkylation sites (N-methyl/N-ethyl adjacent to an activating group) is 1. The molecule has 0 saturated carbocycles. The fourth-order valence-corrected chi connectivity index (χ4v) is 2.22. The van der Waals surface area contributed by atoms with Crippen LogP contribution < -0.4 is 5.32 Å². The number of anilines is 1. The molecule has 0 aliphatic rings. The summed E-state index contributed by atoms with van der Waals surface area (Å²) in [4.78, 5) is 25.7. The van der Waals surface area contributed by atoms with Crippen LogP contribution in [0.3, 0.4) is 0 Å². The number of hydrogen-bond donors (Lipinski definition) is 1. The Morgan fingerprint density at radius 3 is 2.55 bits per heavy atom. The van der Waals surface area contributed by atoms with Crippen LogP contribution in [-0.2, 0) is 4.79 Å². The number of rotatable bonds is 4. The predicted octanol–water partition coefficient (Wildman–Crippen LogP) is 3.36. The van der Waals surface area contributed by atoms with Crippen LogP contribution in [-0.4, -0.2) is 30.3 Å². The van der Waals surface area contributed by atoms with E-state index in [2.05, 4.69) is 5.32 Å². The Morgan fingerprint density at radius 2 is 1.86 bits per heavy atom. The van der Waals surface area contributed by atoms with Crippen molar-refractivity contribution < 1.29 is 9.59 Å². The molecule has 2 rings (SSSR count). The van der Waals surface area contributed by atoms with E-state index in [9.17, 15) is 9.59 Å². The van der Waals surface area contributed by atoms with E-state index in [0.29, 0.717) is 16.3 Å². The van der Waals surface area contributed by atoms with Crippen LogP contribution in [0.1, 0.15) is 15.9 Å². The van der Waals surface area contributed by atoms with E-state index in [1.807, 2.05) is 19.1 Å². The monoisotopic (exact) mass is 316 g/mol. The minimum atomic E-state index is -0.295. The summed E-state index contributed by atoms with van der Waals surface area (Å²) in [6.45, 7) is 1.87. The van der Waals surface area contributed by atoms with Crippen LogP contribution in [0.4, 0.5) is 5.69 Å². The summed E-state index contributed by atoms with van der Waals surface area (Å²) in [7, 11) is 1.59. The molecular weight excluding hydrogens is 300 g/mol. The average molecular weight is 317 g/mol. The maximum absolute atomic E-state index is 12.3. The van der Waals surface area contributed by atoms with Crippen molar-refractivity contribution in [3.8, 4) is 0 Å². The number of aryl methyl sites for hydroxylation is 1. The lowest BCUT2D eigenvalue weighted by Crippen LogP contribution is -2.35. The van der Waals surface area contributed by atoms with Gasteiger partial charge in [0.15, 0.2) is 0 Å². The lowest BCUT2D eigenvalue weighted by molar-refractivity contribution is -0.116. The summed E-state index contributed by atoms with van der Waals surface area (Å²) in [5.41, 5.74) is 2.10. The molecule has 0 fully saturated rings. The lowest BCUT2D eigenvalue weighted by atomic mass is 10.1. The number of amides is 2. The number of nitrogens with one attached hydrogen (secondary N) is 1. The molecule has 0 aliphatic carbocycles. The molecule has 4 nitrogen and oxygen atoms in total. The third-order valence-corrected chi connectivity index (χ3v) is 3.47. The Kier molecular flexibility index (Phi) is 5.17. The first-order valence-electron chi connectivity index (χ1n) is 6.84. The van der Waals surface area contributed by atoms with Gasteiger partial charge in [0.1, 0.15) is 0 Å². The molecule has 114 valence electrons. The highest BCUT2D eigenvalue weighted by molar-refractivity contribution is 6.33. The van der Waals surface area contributed by atoms with Gasteiger partial charge < -0.3 is 10.2 Å². The van der Waals surface area contributed by atoms with Crippen molar-refractivity contribution in [2.24, 2.45) is 0 Å². The number of halogens is 1. The molecule has 2 aromatic rings. The Hall–Kier alpha value is -2.33. The van der Waals surface area contributed by atoms with Gasteiger partial charge in [0, 0.05) is 12.6 Å². The van der Waals surface area contributed by atoms with Crippen LogP contribution in [0.25, 0.3) is 0 Å². The van der Waals surface area contributed by atoms with Gasteiger partial charge in [0.25, 0.3) is 5.91 Å². The summed E-state index contributed by atoms with van der Waals surface area (Å²) in [5.74, 6) is -0.491. The molecule has 2 amide bonds. The number of hydrogen-bond acceptors (Lipinski definition) is 2. The fraction of sp³-hybridized carbons (Fsp3) is 0.176. The van der Waals surface area contributed by atoms with Gasteiger partial charge in [-0.05, 0) is 31.2 Å². The SMILES string of the molecule is Cc1cccc(C(=O)N(C)CC(=O)Nc2ccccc2Cl)c1. The molecule has 0 radical (unpaired) electrons. The molecule has 0 heterocycles. The molecule has 2 aromatic carbocycles. The first kappa shape index (κ1) is 16.0. The van der Waals surface area contributed by atoms with Crippen LogP contribution in [0, 0.1) is 6.92 Å². The topological polar surface area (TPSA) is 49.4 Å². The molecule has 0 unspecified atom stereocenters. The van der Waals surface area contributed by atoms with E-state index in [4.69, 9.17) is 11.6 Å². The minimum absolute atomic E-state index is 0.0437. The second-order valence-electron chi connectivity index (χ2n) is 5.06. The number of para-hydroxylation sites is 1. The number of benzene rings is 2. The van der Waals surface area contributed by atoms with Crippen LogP contribution >= 0.6 is 11.6 Å². The van der Waals surface area contributed by atoms with E-state index < -0.39 is 0 Å². The Morgan fingerprint density at radius 1 is 1.14 bits per heavy atom. The standard InChI is InChI=1S/C17H17ClN2O2/c1-12-6-5-7-13(10-12)17(22)20(2)11-16(21)19-15-9-4-3-8-14(15)18/h3-10H,11H2,1-2H3,(H,19,21). The van der Waals surface area contributed by atoms with E-state index in [0.717, 1.165) is 5.56 Å². The van der Waals surface area contributed by atoms with Gasteiger partial charge in [0.2, 0.25) is 5.91 Å². The van der Waals surface area contributed by atoms with Gasteiger partial charge >= 0.3 is 0 Å². The first-order valence-corrected chi connectivity index (χ1v) is 7.21. The van der Waals surface area contributed by atoms with Crippen molar-refractivity contribution >= 4 is 29.1 Å². The van der Waals surface area contributed by atoms with E-state index in [1.165, 1.54) is 4.90 Å². The third-order valence-electron chi connectivity index (χ3n) is 3.14. The second-order valence-corrected chi connectivity index (χ2v) is 5.47. The first-order chi connectivity index (χ1) is 10.5. The highest BCUT2D eigenvalue weighted by atomic mass is 35.5. The van der Waals surface area contributed by atoms with Crippen molar-refractivity contribution in [2.45, 2.75) is 6.92 Å². The zero-order valence-corrected chi connectivity index (χ0v) is 13.2. The normalized spacial score (nSPS) is 10.1. The highest BCUT2D eigenvalue weighted by Crippen LogP contribution is 2.20. The quantitative estimate of drug-likeness (QED) is 0.940. The summed E-state index contributed by atoms with van der Waals surface area (Å²) in [6.07, 6.45) is 0. The maximum atomic E-state index is 12.3. The summed E-state index contributed by atoms with van der Waals surface area (Å²) in [6, 6.07) is 14.2. The molecule has 1 N–H and O–H groups in total. The Labute approximate surface area is 134 Å². The molecular formula is C17H17ClN2O2. The molecule has 0 spiro atoms. The maximum Gasteiger partial charge on any atom is 0.254 e.